The van der Waals surface area contributed by atoms with Gasteiger partial charge in [-0.15, -0.1) is 0 Å². The van der Waals surface area contributed by atoms with Crippen molar-refractivity contribution in [1.82, 2.24) is 26.6 Å². The molecule has 0 aromatic carbocycles. The van der Waals surface area contributed by atoms with Crippen molar-refractivity contribution < 1.29 is 18.9 Å². The maximum absolute atomic E-state index is 5.38. The predicted octanol–water partition coefficient (Wildman–Crippen LogP) is -1.99. The molecule has 0 spiro atoms. The first-order valence-corrected chi connectivity index (χ1v) is 9.83. The van der Waals surface area contributed by atoms with Gasteiger partial charge in [-0.2, -0.15) is 0 Å². The zero-order chi connectivity index (χ0) is 19.7. The highest BCUT2D eigenvalue weighted by Crippen LogP contribution is 1.93. The van der Waals surface area contributed by atoms with E-state index in [2.05, 4.69) is 26.6 Å². The third-order valence-electron chi connectivity index (χ3n) is 4.56. The maximum Gasteiger partial charge on any atom is 0.0628 e. The Balaban J connectivity index is 2.70. The SMILES string of the molecule is COC[C@H]1CN[C@H](COC)CN[C@@H](COC)CN[C@H](COC)CNCCN1. The minimum atomic E-state index is 0.216. The number of hydrogen-bond acceptors (Lipinski definition) is 9. The van der Waals surface area contributed by atoms with Gasteiger partial charge in [0.25, 0.3) is 0 Å². The third kappa shape index (κ3) is 11.9. The van der Waals surface area contributed by atoms with E-state index in [1.54, 1.807) is 28.4 Å². The van der Waals surface area contributed by atoms with Crippen molar-refractivity contribution in [2.24, 2.45) is 0 Å². The van der Waals surface area contributed by atoms with Gasteiger partial charge in [-0.1, -0.05) is 0 Å². The number of nitrogens with one attached hydrogen (secondary N) is 5. The molecule has 9 nitrogen and oxygen atoms in total. The van der Waals surface area contributed by atoms with Crippen LogP contribution in [0.2, 0.25) is 0 Å². The molecule has 162 valence electrons. The van der Waals surface area contributed by atoms with Crippen molar-refractivity contribution in [2.45, 2.75) is 24.2 Å². The summed E-state index contributed by atoms with van der Waals surface area (Å²) in [5, 5.41) is 17.8. The van der Waals surface area contributed by atoms with Gasteiger partial charge in [0, 0.05) is 91.9 Å². The van der Waals surface area contributed by atoms with Crippen molar-refractivity contribution in [1.29, 1.82) is 0 Å². The molecule has 0 aromatic rings. The van der Waals surface area contributed by atoms with Gasteiger partial charge >= 0.3 is 0 Å². The van der Waals surface area contributed by atoms with Crippen molar-refractivity contribution >= 4 is 0 Å². The van der Waals surface area contributed by atoms with Crippen LogP contribution in [0, 0.1) is 0 Å². The second kappa shape index (κ2) is 16.6. The Morgan fingerprint density at radius 3 is 1.30 bits per heavy atom. The highest BCUT2D eigenvalue weighted by atomic mass is 16.5. The first-order chi connectivity index (χ1) is 13.2. The Bertz CT molecular complexity index is 311. The number of rotatable bonds is 8. The summed E-state index contributed by atoms with van der Waals surface area (Å²) in [6, 6.07) is 0.940. The highest BCUT2D eigenvalue weighted by Gasteiger charge is 2.17. The van der Waals surface area contributed by atoms with Gasteiger partial charge in [0.2, 0.25) is 0 Å². The second-order valence-electron chi connectivity index (χ2n) is 6.99. The van der Waals surface area contributed by atoms with Crippen LogP contribution in [-0.2, 0) is 18.9 Å². The van der Waals surface area contributed by atoms with E-state index in [0.717, 1.165) is 39.3 Å². The topological polar surface area (TPSA) is 97.1 Å². The monoisotopic (exact) mass is 391 g/mol. The van der Waals surface area contributed by atoms with Gasteiger partial charge in [-0.05, 0) is 0 Å². The second-order valence-corrected chi connectivity index (χ2v) is 6.99. The van der Waals surface area contributed by atoms with E-state index < -0.39 is 0 Å². The lowest BCUT2D eigenvalue weighted by Gasteiger charge is -2.26. The van der Waals surface area contributed by atoms with Gasteiger partial charge in [0.05, 0.1) is 26.4 Å². The van der Waals surface area contributed by atoms with E-state index in [4.69, 9.17) is 18.9 Å². The first kappa shape index (κ1) is 24.7. The van der Waals surface area contributed by atoms with Crippen LogP contribution in [0.15, 0.2) is 0 Å². The zero-order valence-corrected chi connectivity index (χ0v) is 17.5. The molecule has 9 heteroatoms. The normalized spacial score (nSPS) is 29.8. The Hall–Kier alpha value is -0.360. The Morgan fingerprint density at radius 1 is 0.519 bits per heavy atom. The van der Waals surface area contributed by atoms with Crippen LogP contribution in [-0.4, -0.2) is 118 Å². The van der Waals surface area contributed by atoms with Gasteiger partial charge in [0.15, 0.2) is 0 Å². The van der Waals surface area contributed by atoms with E-state index in [1.165, 1.54) is 0 Å². The molecule has 1 heterocycles. The molecule has 0 amide bonds. The highest BCUT2D eigenvalue weighted by molar-refractivity contribution is 4.81. The zero-order valence-electron chi connectivity index (χ0n) is 17.5. The van der Waals surface area contributed by atoms with Crippen molar-refractivity contribution in [3.8, 4) is 0 Å². The molecule has 5 N–H and O–H groups in total. The molecule has 1 saturated heterocycles. The standard InChI is InChI=1S/C18H41N5O4/c1-24-11-15-7-19-5-6-20-16(12-25-2)8-22-18(14-27-4)10-23-17(9-21-15)13-26-3/h15-23H,5-14H2,1-4H3/t15-,16+,17+,18-/m0/s1. The molecule has 1 rings (SSSR count). The number of hydrogen-bond donors (Lipinski definition) is 5. The summed E-state index contributed by atoms with van der Waals surface area (Å²) in [6.07, 6.45) is 0. The molecule has 0 aliphatic carbocycles. The van der Waals surface area contributed by atoms with Crippen LogP contribution in [0.1, 0.15) is 0 Å². The largest absolute Gasteiger partial charge is 0.383 e. The van der Waals surface area contributed by atoms with Crippen LogP contribution >= 0.6 is 0 Å². The van der Waals surface area contributed by atoms with Crippen molar-refractivity contribution in [2.75, 3.05) is 94.1 Å². The fourth-order valence-corrected chi connectivity index (χ4v) is 3.13. The van der Waals surface area contributed by atoms with E-state index in [9.17, 15) is 0 Å². The summed E-state index contributed by atoms with van der Waals surface area (Å²) < 4.78 is 21.5. The molecule has 0 aromatic heterocycles. The van der Waals surface area contributed by atoms with Crippen molar-refractivity contribution in [3.05, 3.63) is 0 Å². The van der Waals surface area contributed by atoms with Crippen LogP contribution < -0.4 is 26.6 Å². The van der Waals surface area contributed by atoms with E-state index in [-0.39, 0.29) is 24.2 Å². The third-order valence-corrected chi connectivity index (χ3v) is 4.56. The quantitative estimate of drug-likeness (QED) is 0.322. The van der Waals surface area contributed by atoms with Gasteiger partial charge in [0.1, 0.15) is 0 Å². The van der Waals surface area contributed by atoms with Crippen LogP contribution in [0.25, 0.3) is 0 Å². The molecule has 27 heavy (non-hydrogen) atoms. The van der Waals surface area contributed by atoms with E-state index >= 15 is 0 Å². The van der Waals surface area contributed by atoms with Gasteiger partial charge < -0.3 is 45.5 Å². The Kier molecular flexibility index (Phi) is 15.2. The maximum atomic E-state index is 5.38. The molecule has 4 atom stereocenters. The van der Waals surface area contributed by atoms with E-state index in [1.807, 2.05) is 0 Å². The number of methoxy groups -OCH3 is 4. The summed E-state index contributed by atoms with van der Waals surface area (Å²) in [6.45, 7) is 7.70. The van der Waals surface area contributed by atoms with E-state index in [0.29, 0.717) is 26.4 Å². The molecule has 0 radical (unpaired) electrons. The molecule has 1 fully saturated rings. The average Bonchev–Trinajstić information content (AvgIpc) is 2.66. The first-order valence-electron chi connectivity index (χ1n) is 9.83. The lowest BCUT2D eigenvalue weighted by Crippen LogP contribution is -2.53. The Morgan fingerprint density at radius 2 is 0.889 bits per heavy atom. The lowest BCUT2D eigenvalue weighted by atomic mass is 10.2. The van der Waals surface area contributed by atoms with Gasteiger partial charge in [-0.3, -0.25) is 0 Å². The minimum Gasteiger partial charge on any atom is -0.383 e. The minimum absolute atomic E-state index is 0.216. The summed E-state index contributed by atoms with van der Waals surface area (Å²) in [5.41, 5.74) is 0. The summed E-state index contributed by atoms with van der Waals surface area (Å²) in [7, 11) is 6.94. The molecular weight excluding hydrogens is 350 g/mol. The molecule has 0 bridgehead atoms. The fourth-order valence-electron chi connectivity index (χ4n) is 3.13. The molecular formula is C18H41N5O4. The predicted molar refractivity (Wildman–Crippen MR) is 108 cm³/mol. The fraction of sp³-hybridized carbons (Fsp3) is 1.00. The molecule has 0 saturated carbocycles. The van der Waals surface area contributed by atoms with Crippen LogP contribution in [0.3, 0.4) is 0 Å². The van der Waals surface area contributed by atoms with Crippen LogP contribution in [0.5, 0.6) is 0 Å². The summed E-state index contributed by atoms with van der Waals surface area (Å²) in [4.78, 5) is 0. The van der Waals surface area contributed by atoms with Crippen LogP contribution in [0.4, 0.5) is 0 Å². The van der Waals surface area contributed by atoms with Crippen molar-refractivity contribution in [3.63, 3.8) is 0 Å². The summed E-state index contributed by atoms with van der Waals surface area (Å²) >= 11 is 0. The van der Waals surface area contributed by atoms with Gasteiger partial charge in [-0.25, -0.2) is 0 Å². The lowest BCUT2D eigenvalue weighted by molar-refractivity contribution is 0.134. The smallest absolute Gasteiger partial charge is 0.0628 e. The molecule has 1 aliphatic heterocycles. The summed E-state index contributed by atoms with van der Waals surface area (Å²) in [5.74, 6) is 0. The Labute approximate surface area is 164 Å². The average molecular weight is 392 g/mol. The molecule has 1 aliphatic rings. The number of ether oxygens (including phenoxy) is 4. The molecule has 0 unspecified atom stereocenters.